The van der Waals surface area contributed by atoms with Crippen molar-refractivity contribution in [2.75, 3.05) is 0 Å². The molecule has 0 aliphatic heterocycles. The molecule has 0 amide bonds. The van der Waals surface area contributed by atoms with Crippen molar-refractivity contribution in [1.82, 2.24) is 0 Å². The Bertz CT molecular complexity index is 502. The third-order valence-corrected chi connectivity index (χ3v) is 2.30. The van der Waals surface area contributed by atoms with E-state index in [1.165, 1.54) is 24.3 Å². The number of carbonyl (C=O) groups excluding carboxylic acids is 1. The molecule has 0 bridgehead atoms. The molecule has 0 heterocycles. The Morgan fingerprint density at radius 3 is 2.15 bits per heavy atom. The predicted molar refractivity (Wildman–Crippen MR) is 61.9 cm³/mol. The van der Waals surface area contributed by atoms with Crippen molar-refractivity contribution in [2.45, 2.75) is 18.4 Å². The van der Waals surface area contributed by atoms with E-state index in [1.807, 2.05) is 0 Å². The van der Waals surface area contributed by atoms with Gasteiger partial charge >= 0.3 is 18.2 Å². The lowest BCUT2D eigenvalue weighted by molar-refractivity contribution is -0.576. The molecule has 0 aliphatic carbocycles. The van der Waals surface area contributed by atoms with Crippen LogP contribution in [0.3, 0.4) is 0 Å². The fourth-order valence-corrected chi connectivity index (χ4v) is 1.29. The minimum Gasteiger partial charge on any atom is -0.479 e. The Hall–Kier alpha value is -2.52. The normalized spacial score (nSPS) is 14.9. The van der Waals surface area contributed by atoms with Crippen molar-refractivity contribution in [1.29, 1.82) is 0 Å². The number of hydrogen-bond donors (Lipinski definition) is 3. The summed E-state index contributed by atoms with van der Waals surface area (Å²) in [6.45, 7) is 0. The largest absolute Gasteiger partial charge is 0.479 e. The van der Waals surface area contributed by atoms with Gasteiger partial charge in [0.15, 0.2) is 12.2 Å². The van der Waals surface area contributed by atoms with Crippen molar-refractivity contribution in [3.05, 3.63) is 46.0 Å². The second-order valence-electron chi connectivity index (χ2n) is 3.71. The maximum absolute atomic E-state index is 11.4. The number of aliphatic hydroxyl groups is 2. The Labute approximate surface area is 112 Å². The summed E-state index contributed by atoms with van der Waals surface area (Å²) < 4.78 is 4.42. The molecular formula is C11H11NO8. The van der Waals surface area contributed by atoms with Crippen LogP contribution in [0.15, 0.2) is 30.3 Å². The van der Waals surface area contributed by atoms with Crippen LogP contribution >= 0.6 is 0 Å². The Balaban J connectivity index is 2.85. The minimum absolute atomic E-state index is 0.0304. The van der Waals surface area contributed by atoms with Crippen LogP contribution < -0.4 is 0 Å². The Morgan fingerprint density at radius 2 is 1.70 bits per heavy atom. The number of esters is 1. The summed E-state index contributed by atoms with van der Waals surface area (Å²) in [4.78, 5) is 31.7. The van der Waals surface area contributed by atoms with Gasteiger partial charge in [-0.2, -0.15) is 0 Å². The third-order valence-electron chi connectivity index (χ3n) is 2.30. The van der Waals surface area contributed by atoms with E-state index in [2.05, 4.69) is 4.74 Å². The molecule has 20 heavy (non-hydrogen) atoms. The molecule has 0 aliphatic rings. The number of aliphatic carboxylic acids is 1. The first-order chi connectivity index (χ1) is 9.34. The van der Waals surface area contributed by atoms with Crippen LogP contribution in [0.25, 0.3) is 0 Å². The van der Waals surface area contributed by atoms with Gasteiger partial charge in [0.25, 0.3) is 0 Å². The molecule has 0 spiro atoms. The van der Waals surface area contributed by atoms with Gasteiger partial charge in [-0.25, -0.2) is 9.59 Å². The Morgan fingerprint density at radius 1 is 1.15 bits per heavy atom. The number of nitrogens with zero attached hydrogens (tertiary/aromatic N) is 1. The SMILES string of the molecule is O=C(O)C(O)C(O)C(=O)OC(c1ccccc1)[N+](=O)[O-]. The fourth-order valence-electron chi connectivity index (χ4n) is 1.29. The van der Waals surface area contributed by atoms with E-state index in [0.717, 1.165) is 0 Å². The van der Waals surface area contributed by atoms with Gasteiger partial charge in [0.05, 0.1) is 10.5 Å². The van der Waals surface area contributed by atoms with E-state index < -0.39 is 35.3 Å². The molecule has 0 radical (unpaired) electrons. The number of carbonyl (C=O) groups is 2. The molecule has 0 aromatic heterocycles. The second kappa shape index (κ2) is 6.59. The van der Waals surface area contributed by atoms with Crippen LogP contribution in [0.5, 0.6) is 0 Å². The number of aliphatic hydroxyl groups excluding tert-OH is 2. The second-order valence-corrected chi connectivity index (χ2v) is 3.71. The smallest absolute Gasteiger partial charge is 0.382 e. The zero-order valence-corrected chi connectivity index (χ0v) is 9.95. The van der Waals surface area contributed by atoms with Gasteiger partial charge in [-0.3, -0.25) is 10.1 Å². The first kappa shape index (κ1) is 15.5. The number of ether oxygens (including phenoxy) is 1. The highest BCUT2D eigenvalue weighted by atomic mass is 16.7. The maximum atomic E-state index is 11.4. The molecule has 3 unspecified atom stereocenters. The van der Waals surface area contributed by atoms with E-state index >= 15 is 0 Å². The van der Waals surface area contributed by atoms with Crippen molar-refractivity contribution in [3.8, 4) is 0 Å². The minimum atomic E-state index is -2.43. The van der Waals surface area contributed by atoms with Crippen LogP contribution in [0.2, 0.25) is 0 Å². The van der Waals surface area contributed by atoms with E-state index in [1.54, 1.807) is 6.07 Å². The molecule has 1 rings (SSSR count). The van der Waals surface area contributed by atoms with Crippen LogP contribution in [0.1, 0.15) is 11.8 Å². The molecule has 3 atom stereocenters. The van der Waals surface area contributed by atoms with E-state index in [0.29, 0.717) is 0 Å². The van der Waals surface area contributed by atoms with Crippen LogP contribution in [-0.4, -0.2) is 44.4 Å². The van der Waals surface area contributed by atoms with Gasteiger partial charge in [-0.05, 0) is 12.1 Å². The van der Waals surface area contributed by atoms with E-state index in [9.17, 15) is 24.8 Å². The summed E-state index contributed by atoms with van der Waals surface area (Å²) in [7, 11) is 0. The van der Waals surface area contributed by atoms with Gasteiger partial charge in [-0.1, -0.05) is 18.2 Å². The number of carboxylic acid groups (broad SMARTS) is 1. The first-order valence-corrected chi connectivity index (χ1v) is 5.32. The molecule has 9 nitrogen and oxygen atoms in total. The van der Waals surface area contributed by atoms with Gasteiger partial charge in [-0.15, -0.1) is 0 Å². The van der Waals surface area contributed by atoms with Crippen molar-refractivity contribution in [2.24, 2.45) is 0 Å². The highest BCUT2D eigenvalue weighted by Crippen LogP contribution is 2.18. The highest BCUT2D eigenvalue weighted by Gasteiger charge is 2.36. The zero-order chi connectivity index (χ0) is 15.3. The number of rotatable bonds is 6. The monoisotopic (exact) mass is 285 g/mol. The van der Waals surface area contributed by atoms with Gasteiger partial charge in [0.1, 0.15) is 0 Å². The lowest BCUT2D eigenvalue weighted by Gasteiger charge is -2.15. The highest BCUT2D eigenvalue weighted by molar-refractivity contribution is 5.84. The summed E-state index contributed by atoms with van der Waals surface area (Å²) in [6, 6.07) is 7.18. The summed E-state index contributed by atoms with van der Waals surface area (Å²) in [5.41, 5.74) is 0.0304. The quantitative estimate of drug-likeness (QED) is 0.269. The van der Waals surface area contributed by atoms with Crippen LogP contribution in [0, 0.1) is 10.1 Å². The summed E-state index contributed by atoms with van der Waals surface area (Å²) in [5, 5.41) is 37.4. The van der Waals surface area contributed by atoms with Crippen LogP contribution in [0.4, 0.5) is 0 Å². The molecule has 1 aromatic rings. The molecule has 9 heteroatoms. The third kappa shape index (κ3) is 3.73. The molecule has 3 N–H and O–H groups in total. The standard InChI is InChI=1S/C11H11NO8/c13-7(10(15)16)8(14)11(17)20-9(12(18)19)6-4-2-1-3-5-6/h1-5,7-9,13-14H,(H,15,16). The lowest BCUT2D eigenvalue weighted by Crippen LogP contribution is -2.41. The van der Waals surface area contributed by atoms with Crippen molar-refractivity contribution < 1.29 is 34.6 Å². The maximum Gasteiger partial charge on any atom is 0.382 e. The number of carboxylic acids is 1. The average molecular weight is 285 g/mol. The predicted octanol–water partition coefficient (Wildman–Crippen LogP) is -0.689. The van der Waals surface area contributed by atoms with Gasteiger partial charge in [0.2, 0.25) is 0 Å². The zero-order valence-electron chi connectivity index (χ0n) is 9.95. The Kier molecular flexibility index (Phi) is 5.12. The van der Waals surface area contributed by atoms with Crippen molar-refractivity contribution in [3.63, 3.8) is 0 Å². The van der Waals surface area contributed by atoms with Gasteiger partial charge in [0, 0.05) is 0 Å². The molecule has 1 aromatic carbocycles. The molecule has 0 saturated carbocycles. The van der Waals surface area contributed by atoms with Crippen LogP contribution in [-0.2, 0) is 14.3 Å². The summed E-state index contributed by atoms with van der Waals surface area (Å²) in [6.07, 6.45) is -6.75. The average Bonchev–Trinajstić information content (AvgIpc) is 2.43. The fraction of sp³-hybridized carbons (Fsp3) is 0.273. The first-order valence-electron chi connectivity index (χ1n) is 5.32. The number of nitro groups is 1. The van der Waals surface area contributed by atoms with E-state index in [-0.39, 0.29) is 5.56 Å². The number of hydrogen-bond acceptors (Lipinski definition) is 7. The topological polar surface area (TPSA) is 147 Å². The summed E-state index contributed by atoms with van der Waals surface area (Å²) in [5.74, 6) is -3.46. The van der Waals surface area contributed by atoms with E-state index in [4.69, 9.17) is 10.2 Å². The lowest BCUT2D eigenvalue weighted by atomic mass is 10.2. The summed E-state index contributed by atoms with van der Waals surface area (Å²) >= 11 is 0. The molecule has 108 valence electrons. The van der Waals surface area contributed by atoms with Gasteiger partial charge < -0.3 is 20.1 Å². The molecule has 0 fully saturated rings. The molecular weight excluding hydrogens is 274 g/mol. The van der Waals surface area contributed by atoms with Crippen molar-refractivity contribution >= 4 is 11.9 Å². The molecule has 0 saturated heterocycles. The number of benzene rings is 1.